The molecule has 2 amide bonds. The van der Waals surface area contributed by atoms with Gasteiger partial charge in [-0.25, -0.2) is 4.79 Å². The number of nitrogens with zero attached hydrogens (tertiary/aromatic N) is 1. The summed E-state index contributed by atoms with van der Waals surface area (Å²) < 4.78 is 0. The molecule has 1 atom stereocenters. The monoisotopic (exact) mass is 777 g/mol. The quantitative estimate of drug-likeness (QED) is 0.0603. The van der Waals surface area contributed by atoms with E-state index in [0.717, 1.165) is 58.0 Å². The number of carboxylic acids is 1. The Balaban J connectivity index is 4.52. The molecule has 0 heterocycles. The molecular formula is C49H96N2O4. The standard InChI is InChI=1S/C49H96N2O4/c1-4-7-10-13-16-19-21-23-25-27-30-33-36-39-44-51(45-40-37-34-31-28-26-24-22-20-17-14-11-8-5-2)48(53)43-42-46(49(54)55)50-47(52)41-38-35-32-29-18-15-12-9-6-3/h46H,4-45H2,1-3H3,(H,50,52)(H,54,55)/t46-/m0/s1. The second-order valence-electron chi connectivity index (χ2n) is 17.1. The van der Waals surface area contributed by atoms with E-state index >= 15 is 0 Å². The molecule has 0 radical (unpaired) electrons. The largest absolute Gasteiger partial charge is 0.480 e. The van der Waals surface area contributed by atoms with E-state index in [2.05, 4.69) is 26.1 Å². The van der Waals surface area contributed by atoms with Gasteiger partial charge in [0.1, 0.15) is 6.04 Å². The maximum Gasteiger partial charge on any atom is 0.326 e. The SMILES string of the molecule is CCCCCCCCCCCCCCCCN(CCCCCCCCCCCCCCCC)C(=O)CC[C@H](NC(=O)CCCCCCCCCCC)C(=O)O. The first-order chi connectivity index (χ1) is 27.0. The van der Waals surface area contributed by atoms with Crippen LogP contribution in [0.25, 0.3) is 0 Å². The highest BCUT2D eigenvalue weighted by Crippen LogP contribution is 2.16. The number of nitrogens with one attached hydrogen (secondary N) is 1. The Morgan fingerprint density at radius 2 is 0.673 bits per heavy atom. The van der Waals surface area contributed by atoms with E-state index < -0.39 is 12.0 Å². The molecule has 0 saturated heterocycles. The van der Waals surface area contributed by atoms with Crippen LogP contribution < -0.4 is 5.32 Å². The average Bonchev–Trinajstić information content (AvgIpc) is 3.17. The number of carboxylic acid groups (broad SMARTS) is 1. The van der Waals surface area contributed by atoms with Crippen LogP contribution >= 0.6 is 0 Å². The number of hydrogen-bond acceptors (Lipinski definition) is 3. The fraction of sp³-hybridized carbons (Fsp3) is 0.939. The third kappa shape index (κ3) is 39.0. The number of carbonyl (C=O) groups excluding carboxylic acids is 2. The lowest BCUT2D eigenvalue weighted by Crippen LogP contribution is -2.42. The first kappa shape index (κ1) is 53.4. The smallest absolute Gasteiger partial charge is 0.326 e. The predicted molar refractivity (Wildman–Crippen MR) is 238 cm³/mol. The van der Waals surface area contributed by atoms with E-state index in [4.69, 9.17) is 0 Å². The van der Waals surface area contributed by atoms with Crippen LogP contribution in [0.1, 0.15) is 278 Å². The van der Waals surface area contributed by atoms with Crippen LogP contribution in [0.4, 0.5) is 0 Å². The summed E-state index contributed by atoms with van der Waals surface area (Å²) >= 11 is 0. The molecule has 55 heavy (non-hydrogen) atoms. The molecule has 0 rings (SSSR count). The van der Waals surface area contributed by atoms with E-state index in [-0.39, 0.29) is 24.7 Å². The molecule has 6 heteroatoms. The maximum atomic E-state index is 13.5. The van der Waals surface area contributed by atoms with Crippen LogP contribution in [-0.2, 0) is 14.4 Å². The summed E-state index contributed by atoms with van der Waals surface area (Å²) in [4.78, 5) is 40.1. The molecule has 6 nitrogen and oxygen atoms in total. The Hall–Kier alpha value is -1.59. The van der Waals surface area contributed by atoms with E-state index in [1.54, 1.807) is 0 Å². The zero-order chi connectivity index (χ0) is 40.3. The summed E-state index contributed by atoms with van der Waals surface area (Å²) in [5.74, 6) is -1.20. The molecule has 0 saturated carbocycles. The first-order valence-electron chi connectivity index (χ1n) is 24.8. The second kappa shape index (κ2) is 43.5. The van der Waals surface area contributed by atoms with Crippen molar-refractivity contribution >= 4 is 17.8 Å². The molecule has 2 N–H and O–H groups in total. The van der Waals surface area contributed by atoms with Gasteiger partial charge >= 0.3 is 5.97 Å². The van der Waals surface area contributed by atoms with E-state index in [0.29, 0.717) is 6.42 Å². The van der Waals surface area contributed by atoms with Crippen LogP contribution in [-0.4, -0.2) is 46.9 Å². The van der Waals surface area contributed by atoms with E-state index in [1.807, 2.05) is 4.90 Å². The van der Waals surface area contributed by atoms with Gasteiger partial charge in [-0.15, -0.1) is 0 Å². The lowest BCUT2D eigenvalue weighted by Gasteiger charge is -2.24. The van der Waals surface area contributed by atoms with Gasteiger partial charge in [0.05, 0.1) is 0 Å². The van der Waals surface area contributed by atoms with Gasteiger partial charge in [-0.1, -0.05) is 239 Å². The summed E-state index contributed by atoms with van der Waals surface area (Å²) in [5.41, 5.74) is 0. The zero-order valence-electron chi connectivity index (χ0n) is 37.4. The summed E-state index contributed by atoms with van der Waals surface area (Å²) in [6.07, 6.45) is 48.1. The molecular weight excluding hydrogens is 681 g/mol. The van der Waals surface area contributed by atoms with Crippen LogP contribution in [0, 0.1) is 0 Å². The van der Waals surface area contributed by atoms with Gasteiger partial charge in [-0.05, 0) is 25.7 Å². The maximum absolute atomic E-state index is 13.5. The lowest BCUT2D eigenvalue weighted by molar-refractivity contribution is -0.142. The van der Waals surface area contributed by atoms with Crippen molar-refractivity contribution in [3.63, 3.8) is 0 Å². The van der Waals surface area contributed by atoms with Crippen molar-refractivity contribution in [1.82, 2.24) is 10.2 Å². The van der Waals surface area contributed by atoms with Crippen LogP contribution in [0.5, 0.6) is 0 Å². The third-order valence-electron chi connectivity index (χ3n) is 11.7. The molecule has 0 aromatic carbocycles. The van der Waals surface area contributed by atoms with Crippen molar-refractivity contribution in [3.8, 4) is 0 Å². The van der Waals surface area contributed by atoms with Crippen molar-refractivity contribution in [1.29, 1.82) is 0 Å². The minimum atomic E-state index is -1.04. The predicted octanol–water partition coefficient (Wildman–Crippen LogP) is 15.0. The van der Waals surface area contributed by atoms with Gasteiger partial charge < -0.3 is 15.3 Å². The summed E-state index contributed by atoms with van der Waals surface area (Å²) in [6.45, 7) is 8.31. The first-order valence-corrected chi connectivity index (χ1v) is 24.8. The highest BCUT2D eigenvalue weighted by atomic mass is 16.4. The van der Waals surface area contributed by atoms with Gasteiger partial charge in [0.2, 0.25) is 11.8 Å². The Morgan fingerprint density at radius 3 is 0.964 bits per heavy atom. The van der Waals surface area contributed by atoms with Crippen molar-refractivity contribution < 1.29 is 19.5 Å². The second-order valence-corrected chi connectivity index (χ2v) is 17.1. The lowest BCUT2D eigenvalue weighted by atomic mass is 10.0. The number of unbranched alkanes of at least 4 members (excludes halogenated alkanes) is 34. The van der Waals surface area contributed by atoms with E-state index in [1.165, 1.54) is 193 Å². The number of amides is 2. The molecule has 0 aliphatic rings. The van der Waals surface area contributed by atoms with Crippen molar-refractivity contribution in [2.24, 2.45) is 0 Å². The Kier molecular flexibility index (Phi) is 42.3. The topological polar surface area (TPSA) is 86.7 Å². The highest BCUT2D eigenvalue weighted by Gasteiger charge is 2.22. The average molecular weight is 777 g/mol. The number of carbonyl (C=O) groups is 3. The molecule has 0 aromatic rings. The Bertz CT molecular complexity index is 802. The van der Waals surface area contributed by atoms with Gasteiger partial charge in [-0.2, -0.15) is 0 Å². The molecule has 0 spiro atoms. The van der Waals surface area contributed by atoms with Crippen molar-refractivity contribution in [3.05, 3.63) is 0 Å². The highest BCUT2D eigenvalue weighted by molar-refractivity contribution is 5.84. The number of aliphatic carboxylic acids is 1. The minimum Gasteiger partial charge on any atom is -0.480 e. The van der Waals surface area contributed by atoms with Crippen LogP contribution in [0.3, 0.4) is 0 Å². The summed E-state index contributed by atoms with van der Waals surface area (Å²) in [5, 5.41) is 12.6. The van der Waals surface area contributed by atoms with Gasteiger partial charge in [0.25, 0.3) is 0 Å². The number of rotatable bonds is 45. The zero-order valence-corrected chi connectivity index (χ0v) is 37.4. The molecule has 0 aromatic heterocycles. The number of hydrogen-bond donors (Lipinski definition) is 2. The van der Waals surface area contributed by atoms with Crippen LogP contribution in [0.2, 0.25) is 0 Å². The van der Waals surface area contributed by atoms with Crippen molar-refractivity contribution in [2.45, 2.75) is 284 Å². The summed E-state index contributed by atoms with van der Waals surface area (Å²) in [7, 11) is 0. The van der Waals surface area contributed by atoms with Crippen LogP contribution in [0.15, 0.2) is 0 Å². The molecule has 0 unspecified atom stereocenters. The normalized spacial score (nSPS) is 11.9. The van der Waals surface area contributed by atoms with Crippen molar-refractivity contribution in [2.75, 3.05) is 13.1 Å². The molecule has 326 valence electrons. The molecule has 0 aliphatic carbocycles. The summed E-state index contributed by atoms with van der Waals surface area (Å²) in [6, 6.07) is -1.00. The Morgan fingerprint density at radius 1 is 0.400 bits per heavy atom. The van der Waals surface area contributed by atoms with Gasteiger partial charge in [0, 0.05) is 25.9 Å². The van der Waals surface area contributed by atoms with E-state index in [9.17, 15) is 19.5 Å². The molecule has 0 aliphatic heterocycles. The fourth-order valence-corrected chi connectivity index (χ4v) is 7.90. The molecule has 0 fully saturated rings. The minimum absolute atomic E-state index is 0.0452. The van der Waals surface area contributed by atoms with Gasteiger partial charge in [0.15, 0.2) is 0 Å². The molecule has 0 bridgehead atoms. The van der Waals surface area contributed by atoms with Gasteiger partial charge in [-0.3, -0.25) is 9.59 Å². The fourth-order valence-electron chi connectivity index (χ4n) is 7.90. The third-order valence-corrected chi connectivity index (χ3v) is 11.7. The Labute approximate surface area is 343 Å².